The van der Waals surface area contributed by atoms with E-state index in [9.17, 15) is 27.1 Å². The van der Waals surface area contributed by atoms with E-state index >= 15 is 0 Å². The summed E-state index contributed by atoms with van der Waals surface area (Å²) < 4.78 is 56.4. The molecule has 1 aliphatic heterocycles. The third kappa shape index (κ3) is 5.53. The highest BCUT2D eigenvalue weighted by Crippen LogP contribution is 2.31. The van der Waals surface area contributed by atoms with E-state index < -0.39 is 33.7 Å². The molecule has 6 nitrogen and oxygen atoms in total. The van der Waals surface area contributed by atoms with E-state index in [1.807, 2.05) is 0 Å². The quantitative estimate of drug-likeness (QED) is 0.510. The van der Waals surface area contributed by atoms with Gasteiger partial charge in [0.05, 0.1) is 29.2 Å². The number of carbonyl (C=O) groups excluding carboxylic acids is 1. The number of ether oxygens (including phenoxy) is 1. The largest absolute Gasteiger partial charge is 0.465 e. The SMILES string of the molecule is COC(=O)c1ccc(CN(c2ccc(F)c(Cl)c2)C(O)C2CCS(=O)(=O)CC2)c(F)c1. The Bertz CT molecular complexity index is 1070. The number of carbonyl (C=O) groups is 1. The second-order valence-corrected chi connectivity index (χ2v) is 10.1. The van der Waals surface area contributed by atoms with Crippen LogP contribution in [0, 0.1) is 17.6 Å². The Labute approximate surface area is 184 Å². The molecule has 3 rings (SSSR count). The first-order valence-electron chi connectivity index (χ1n) is 9.58. The fraction of sp³-hybridized carbons (Fsp3) is 0.381. The molecule has 168 valence electrons. The summed E-state index contributed by atoms with van der Waals surface area (Å²) in [6.45, 7) is -0.111. The molecule has 1 N–H and O–H groups in total. The van der Waals surface area contributed by atoms with E-state index in [0.29, 0.717) is 5.69 Å². The molecule has 1 fully saturated rings. The van der Waals surface area contributed by atoms with Crippen LogP contribution in [0.2, 0.25) is 5.02 Å². The molecule has 31 heavy (non-hydrogen) atoms. The fourth-order valence-electron chi connectivity index (χ4n) is 3.57. The second-order valence-electron chi connectivity index (χ2n) is 7.43. The second kappa shape index (κ2) is 9.50. The average Bonchev–Trinajstić information content (AvgIpc) is 2.74. The third-order valence-electron chi connectivity index (χ3n) is 5.39. The van der Waals surface area contributed by atoms with Crippen LogP contribution in [0.15, 0.2) is 36.4 Å². The molecule has 0 radical (unpaired) electrons. The van der Waals surface area contributed by atoms with Gasteiger partial charge in [-0.1, -0.05) is 17.7 Å². The molecular formula is C21H22ClF2NO5S. The molecule has 10 heteroatoms. The average molecular weight is 474 g/mol. The van der Waals surface area contributed by atoms with Crippen LogP contribution in [0.25, 0.3) is 0 Å². The number of hydrogen-bond donors (Lipinski definition) is 1. The number of benzene rings is 2. The van der Waals surface area contributed by atoms with Crippen molar-refractivity contribution < 1.29 is 31.8 Å². The van der Waals surface area contributed by atoms with Gasteiger partial charge in [0.2, 0.25) is 0 Å². The minimum atomic E-state index is -3.14. The maximum Gasteiger partial charge on any atom is 0.337 e. The molecular weight excluding hydrogens is 452 g/mol. The van der Waals surface area contributed by atoms with E-state index in [1.54, 1.807) is 0 Å². The van der Waals surface area contributed by atoms with Crippen LogP contribution in [-0.4, -0.2) is 44.3 Å². The Morgan fingerprint density at radius 1 is 1.19 bits per heavy atom. The highest BCUT2D eigenvalue weighted by atomic mass is 35.5. The van der Waals surface area contributed by atoms with Gasteiger partial charge in [0.25, 0.3) is 0 Å². The number of sulfone groups is 1. The molecule has 1 aliphatic rings. The Morgan fingerprint density at radius 2 is 1.87 bits per heavy atom. The van der Waals surface area contributed by atoms with Gasteiger partial charge in [-0.05, 0) is 43.2 Å². The number of halogens is 3. The van der Waals surface area contributed by atoms with Gasteiger partial charge in [0.15, 0.2) is 0 Å². The first kappa shape index (κ1) is 23.4. The smallest absolute Gasteiger partial charge is 0.337 e. The zero-order valence-electron chi connectivity index (χ0n) is 16.7. The molecule has 1 heterocycles. The van der Waals surface area contributed by atoms with Crippen molar-refractivity contribution in [2.45, 2.75) is 25.6 Å². The summed E-state index contributed by atoms with van der Waals surface area (Å²) in [6, 6.07) is 7.71. The lowest BCUT2D eigenvalue weighted by Gasteiger charge is -2.37. The molecule has 0 aromatic heterocycles. The van der Waals surface area contributed by atoms with Crippen LogP contribution in [0.5, 0.6) is 0 Å². The lowest BCUT2D eigenvalue weighted by atomic mass is 9.98. The van der Waals surface area contributed by atoms with Gasteiger partial charge in [-0.15, -0.1) is 0 Å². The van der Waals surface area contributed by atoms with Crippen LogP contribution < -0.4 is 4.90 Å². The zero-order chi connectivity index (χ0) is 22.8. The summed E-state index contributed by atoms with van der Waals surface area (Å²) in [4.78, 5) is 13.1. The van der Waals surface area contributed by atoms with Gasteiger partial charge in [-0.25, -0.2) is 22.0 Å². The van der Waals surface area contributed by atoms with E-state index in [0.717, 1.165) is 12.1 Å². The Morgan fingerprint density at radius 3 is 2.45 bits per heavy atom. The molecule has 2 aromatic rings. The number of methoxy groups -OCH3 is 1. The number of aliphatic hydroxyl groups is 1. The molecule has 1 saturated heterocycles. The van der Waals surface area contributed by atoms with Gasteiger partial charge < -0.3 is 14.7 Å². The number of hydrogen-bond acceptors (Lipinski definition) is 6. The zero-order valence-corrected chi connectivity index (χ0v) is 18.3. The minimum Gasteiger partial charge on any atom is -0.465 e. The summed E-state index contributed by atoms with van der Waals surface area (Å²) in [7, 11) is -1.95. The summed E-state index contributed by atoms with van der Waals surface area (Å²) in [5.74, 6) is -2.48. The van der Waals surface area contributed by atoms with E-state index in [-0.39, 0.29) is 53.0 Å². The van der Waals surface area contributed by atoms with Crippen molar-refractivity contribution in [2.75, 3.05) is 23.5 Å². The van der Waals surface area contributed by atoms with E-state index in [2.05, 4.69) is 4.74 Å². The van der Waals surface area contributed by atoms with Crippen molar-refractivity contribution >= 4 is 33.1 Å². The topological polar surface area (TPSA) is 83.9 Å². The monoisotopic (exact) mass is 473 g/mol. The van der Waals surface area contributed by atoms with Gasteiger partial charge in [-0.2, -0.15) is 0 Å². The molecule has 1 unspecified atom stereocenters. The van der Waals surface area contributed by atoms with Gasteiger partial charge in [-0.3, -0.25) is 0 Å². The van der Waals surface area contributed by atoms with Crippen LogP contribution in [0.4, 0.5) is 14.5 Å². The molecule has 0 amide bonds. The van der Waals surface area contributed by atoms with Crippen molar-refractivity contribution in [3.63, 3.8) is 0 Å². The first-order chi connectivity index (χ1) is 14.6. The van der Waals surface area contributed by atoms with Crippen molar-refractivity contribution in [1.29, 1.82) is 0 Å². The molecule has 1 atom stereocenters. The van der Waals surface area contributed by atoms with Gasteiger partial charge in [0.1, 0.15) is 27.7 Å². The number of esters is 1. The molecule has 0 spiro atoms. The number of aliphatic hydroxyl groups excluding tert-OH is 1. The highest BCUT2D eigenvalue weighted by Gasteiger charge is 2.32. The standard InChI is InChI=1S/C21H22ClF2NO5S/c1-30-21(27)14-2-3-15(19(24)10-14)12-25(16-4-5-18(23)17(22)11-16)20(26)13-6-8-31(28,29)9-7-13/h2-5,10-11,13,20,26H,6-9,12H2,1H3. The fourth-order valence-corrected chi connectivity index (χ4v) is 5.27. The van der Waals surface area contributed by atoms with E-state index in [1.165, 1.54) is 36.3 Å². The lowest BCUT2D eigenvalue weighted by molar-refractivity contribution is 0.0600. The first-order valence-corrected chi connectivity index (χ1v) is 11.8. The van der Waals surface area contributed by atoms with Gasteiger partial charge >= 0.3 is 5.97 Å². The summed E-state index contributed by atoms with van der Waals surface area (Å²) in [5.41, 5.74) is 0.567. The third-order valence-corrected chi connectivity index (χ3v) is 7.40. The van der Waals surface area contributed by atoms with Crippen molar-refractivity contribution in [2.24, 2.45) is 5.92 Å². The Hall–Kier alpha value is -2.23. The normalized spacial score (nSPS) is 17.2. The van der Waals surface area contributed by atoms with Crippen LogP contribution >= 0.6 is 11.6 Å². The predicted octanol–water partition coefficient (Wildman–Crippen LogP) is 3.55. The predicted molar refractivity (Wildman–Crippen MR) is 113 cm³/mol. The molecule has 0 saturated carbocycles. The number of rotatable bonds is 6. The van der Waals surface area contributed by atoms with Crippen molar-refractivity contribution in [1.82, 2.24) is 0 Å². The highest BCUT2D eigenvalue weighted by molar-refractivity contribution is 7.91. The lowest BCUT2D eigenvalue weighted by Crippen LogP contribution is -2.43. The Balaban J connectivity index is 1.92. The maximum absolute atomic E-state index is 14.7. The Kier molecular flexibility index (Phi) is 7.18. The van der Waals surface area contributed by atoms with Crippen LogP contribution in [0.3, 0.4) is 0 Å². The van der Waals surface area contributed by atoms with Gasteiger partial charge in [0, 0.05) is 23.7 Å². The van der Waals surface area contributed by atoms with Crippen LogP contribution in [-0.2, 0) is 21.1 Å². The minimum absolute atomic E-state index is 0.0400. The number of nitrogens with zero attached hydrogens (tertiary/aromatic N) is 1. The summed E-state index contributed by atoms with van der Waals surface area (Å²) >= 11 is 5.90. The molecule has 0 aliphatic carbocycles. The summed E-state index contributed by atoms with van der Waals surface area (Å²) in [5, 5.41) is 10.9. The van der Waals surface area contributed by atoms with Crippen LogP contribution in [0.1, 0.15) is 28.8 Å². The summed E-state index contributed by atoms with van der Waals surface area (Å²) in [6.07, 6.45) is -0.658. The van der Waals surface area contributed by atoms with Crippen molar-refractivity contribution in [3.05, 3.63) is 64.2 Å². The molecule has 2 aromatic carbocycles. The molecule has 0 bridgehead atoms. The van der Waals surface area contributed by atoms with E-state index in [4.69, 9.17) is 11.6 Å². The number of anilines is 1. The van der Waals surface area contributed by atoms with Crippen molar-refractivity contribution in [3.8, 4) is 0 Å². The maximum atomic E-state index is 14.7.